The Morgan fingerprint density at radius 3 is 2.38 bits per heavy atom. The van der Waals surface area contributed by atoms with Gasteiger partial charge in [-0.05, 0) is 77.2 Å². The molecule has 0 aliphatic carbocycles. The lowest BCUT2D eigenvalue weighted by Gasteiger charge is -2.21. The number of nitrogens with zero attached hydrogens (tertiary/aromatic N) is 1. The van der Waals surface area contributed by atoms with Gasteiger partial charge in [-0.2, -0.15) is 0 Å². The number of rotatable bonds is 5. The van der Waals surface area contributed by atoms with Crippen molar-refractivity contribution in [3.8, 4) is 5.75 Å². The summed E-state index contributed by atoms with van der Waals surface area (Å²) >= 11 is 2.31. The smallest absolute Gasteiger partial charge is 0.407 e. The fraction of sp³-hybridized carbons (Fsp3) is 0.316. The molecule has 4 nitrogen and oxygen atoms in total. The maximum absolute atomic E-state index is 11.1. The Kier molecular flexibility index (Phi) is 5.60. The Morgan fingerprint density at radius 2 is 1.75 bits per heavy atom. The SMILES string of the molecule is O=C(O)N1CCC[C@H]1COc1ccc(Cc2ccc(I)cc2)cc1. The largest absolute Gasteiger partial charge is 0.491 e. The van der Waals surface area contributed by atoms with E-state index in [1.807, 2.05) is 12.1 Å². The lowest BCUT2D eigenvalue weighted by atomic mass is 10.1. The minimum absolute atomic E-state index is 0.0334. The van der Waals surface area contributed by atoms with Crippen molar-refractivity contribution in [3.05, 3.63) is 63.2 Å². The number of amides is 1. The minimum Gasteiger partial charge on any atom is -0.491 e. The third kappa shape index (κ3) is 4.41. The van der Waals surface area contributed by atoms with Crippen molar-refractivity contribution in [2.45, 2.75) is 25.3 Å². The molecule has 5 heteroatoms. The molecule has 0 saturated carbocycles. The van der Waals surface area contributed by atoms with Crippen molar-refractivity contribution in [2.75, 3.05) is 13.2 Å². The minimum atomic E-state index is -0.853. The molecule has 3 rings (SSSR count). The molecular formula is C19H20INO3. The molecule has 1 aliphatic rings. The number of hydrogen-bond acceptors (Lipinski definition) is 2. The first-order chi connectivity index (χ1) is 11.6. The van der Waals surface area contributed by atoms with Gasteiger partial charge in [0.1, 0.15) is 12.4 Å². The topological polar surface area (TPSA) is 49.8 Å². The van der Waals surface area contributed by atoms with Crippen LogP contribution in [0.15, 0.2) is 48.5 Å². The van der Waals surface area contributed by atoms with Crippen LogP contribution in [0.3, 0.4) is 0 Å². The van der Waals surface area contributed by atoms with Crippen molar-refractivity contribution in [1.82, 2.24) is 4.90 Å². The summed E-state index contributed by atoms with van der Waals surface area (Å²) in [7, 11) is 0. The Balaban J connectivity index is 1.54. The van der Waals surface area contributed by atoms with Crippen LogP contribution in [0.5, 0.6) is 5.75 Å². The molecule has 1 fully saturated rings. The van der Waals surface area contributed by atoms with E-state index in [1.54, 1.807) is 0 Å². The molecular weight excluding hydrogens is 417 g/mol. The quantitative estimate of drug-likeness (QED) is 0.706. The number of likely N-dealkylation sites (tertiary alicyclic amines) is 1. The van der Waals surface area contributed by atoms with E-state index in [-0.39, 0.29) is 6.04 Å². The first kappa shape index (κ1) is 17.1. The van der Waals surface area contributed by atoms with E-state index < -0.39 is 6.09 Å². The van der Waals surface area contributed by atoms with Crippen LogP contribution in [-0.2, 0) is 6.42 Å². The summed E-state index contributed by atoms with van der Waals surface area (Å²) in [6.45, 7) is 1.03. The summed E-state index contributed by atoms with van der Waals surface area (Å²) in [5, 5.41) is 9.14. The number of carboxylic acid groups (broad SMARTS) is 1. The molecule has 2 aromatic carbocycles. The van der Waals surface area contributed by atoms with Crippen LogP contribution in [0.1, 0.15) is 24.0 Å². The second-order valence-corrected chi connectivity index (χ2v) is 7.28. The van der Waals surface area contributed by atoms with Crippen molar-refractivity contribution in [1.29, 1.82) is 0 Å². The lowest BCUT2D eigenvalue weighted by molar-refractivity contribution is 0.123. The van der Waals surface area contributed by atoms with Crippen LogP contribution in [-0.4, -0.2) is 35.3 Å². The van der Waals surface area contributed by atoms with Gasteiger partial charge >= 0.3 is 6.09 Å². The number of hydrogen-bond donors (Lipinski definition) is 1. The molecule has 0 unspecified atom stereocenters. The maximum Gasteiger partial charge on any atom is 0.407 e. The van der Waals surface area contributed by atoms with Gasteiger partial charge in [-0.25, -0.2) is 4.79 Å². The predicted octanol–water partition coefficient (Wildman–Crippen LogP) is 4.40. The third-order valence-corrected chi connectivity index (χ3v) is 5.03. The fourth-order valence-electron chi connectivity index (χ4n) is 2.99. The molecule has 126 valence electrons. The van der Waals surface area contributed by atoms with Crippen LogP contribution in [0, 0.1) is 3.57 Å². The summed E-state index contributed by atoms with van der Waals surface area (Å²) in [5.74, 6) is 0.790. The van der Waals surface area contributed by atoms with Gasteiger partial charge in [0.15, 0.2) is 0 Å². The van der Waals surface area contributed by atoms with Crippen molar-refractivity contribution in [3.63, 3.8) is 0 Å². The van der Waals surface area contributed by atoms with E-state index in [2.05, 4.69) is 59.0 Å². The summed E-state index contributed by atoms with van der Waals surface area (Å²) in [6, 6.07) is 16.5. The van der Waals surface area contributed by atoms with Gasteiger partial charge in [0.25, 0.3) is 0 Å². The molecule has 1 saturated heterocycles. The maximum atomic E-state index is 11.1. The molecule has 1 N–H and O–H groups in total. The van der Waals surface area contributed by atoms with Crippen molar-refractivity contribution >= 4 is 28.7 Å². The average molecular weight is 437 g/mol. The highest BCUT2D eigenvalue weighted by molar-refractivity contribution is 14.1. The molecule has 0 bridgehead atoms. The lowest BCUT2D eigenvalue weighted by Crippen LogP contribution is -2.37. The third-order valence-electron chi connectivity index (χ3n) is 4.31. The molecule has 0 radical (unpaired) electrons. The van der Waals surface area contributed by atoms with Crippen molar-refractivity contribution < 1.29 is 14.6 Å². The van der Waals surface area contributed by atoms with E-state index in [1.165, 1.54) is 19.6 Å². The van der Waals surface area contributed by atoms with E-state index >= 15 is 0 Å². The molecule has 1 heterocycles. The highest BCUT2D eigenvalue weighted by Crippen LogP contribution is 2.20. The monoisotopic (exact) mass is 437 g/mol. The molecule has 2 aromatic rings. The van der Waals surface area contributed by atoms with Gasteiger partial charge in [0.2, 0.25) is 0 Å². The highest BCUT2D eigenvalue weighted by Gasteiger charge is 2.28. The first-order valence-corrected chi connectivity index (χ1v) is 9.15. The Morgan fingerprint density at radius 1 is 1.12 bits per heavy atom. The van der Waals surface area contributed by atoms with E-state index in [4.69, 9.17) is 9.84 Å². The summed E-state index contributed by atoms with van der Waals surface area (Å²) in [5.41, 5.74) is 2.52. The normalized spacial score (nSPS) is 17.0. The molecule has 0 aromatic heterocycles. The summed E-state index contributed by atoms with van der Waals surface area (Å²) in [6.07, 6.45) is 1.83. The number of benzene rings is 2. The van der Waals surface area contributed by atoms with Crippen molar-refractivity contribution in [2.24, 2.45) is 0 Å². The zero-order valence-corrected chi connectivity index (χ0v) is 15.5. The van der Waals surface area contributed by atoms with E-state index in [0.29, 0.717) is 13.2 Å². The average Bonchev–Trinajstić information content (AvgIpc) is 3.05. The Bertz CT molecular complexity index is 685. The van der Waals surface area contributed by atoms with Crippen LogP contribution in [0.2, 0.25) is 0 Å². The molecule has 1 aliphatic heterocycles. The second kappa shape index (κ2) is 7.88. The first-order valence-electron chi connectivity index (χ1n) is 8.07. The van der Waals surface area contributed by atoms with Crippen LogP contribution >= 0.6 is 22.6 Å². The fourth-order valence-corrected chi connectivity index (χ4v) is 3.35. The van der Waals surface area contributed by atoms with E-state index in [0.717, 1.165) is 25.0 Å². The van der Waals surface area contributed by atoms with Gasteiger partial charge < -0.3 is 14.7 Å². The molecule has 0 spiro atoms. The molecule has 24 heavy (non-hydrogen) atoms. The van der Waals surface area contributed by atoms with Crippen LogP contribution in [0.4, 0.5) is 4.79 Å². The second-order valence-electron chi connectivity index (χ2n) is 6.03. The number of carbonyl (C=O) groups is 1. The van der Waals surface area contributed by atoms with E-state index in [9.17, 15) is 4.79 Å². The molecule has 1 atom stereocenters. The standard InChI is InChI=1S/C19H20INO3/c20-16-7-3-14(4-8-16)12-15-5-9-18(10-6-15)24-13-17-2-1-11-21(17)19(22)23/h3-10,17H,1-2,11-13H2,(H,22,23)/t17-/m0/s1. The van der Waals surface area contributed by atoms with Gasteiger partial charge in [-0.15, -0.1) is 0 Å². The highest BCUT2D eigenvalue weighted by atomic mass is 127. The zero-order valence-electron chi connectivity index (χ0n) is 13.3. The van der Waals surface area contributed by atoms with Gasteiger partial charge in [0, 0.05) is 10.1 Å². The Hall–Kier alpha value is -1.76. The van der Waals surface area contributed by atoms with Crippen LogP contribution < -0.4 is 4.74 Å². The zero-order chi connectivity index (χ0) is 16.9. The Labute approximate surface area is 155 Å². The van der Waals surface area contributed by atoms with Gasteiger partial charge in [-0.3, -0.25) is 0 Å². The molecule has 1 amide bonds. The van der Waals surface area contributed by atoms with Crippen LogP contribution in [0.25, 0.3) is 0 Å². The summed E-state index contributed by atoms with van der Waals surface area (Å²) < 4.78 is 7.02. The van der Waals surface area contributed by atoms with Gasteiger partial charge in [-0.1, -0.05) is 24.3 Å². The predicted molar refractivity (Wildman–Crippen MR) is 102 cm³/mol. The number of ether oxygens (including phenoxy) is 1. The summed E-state index contributed by atoms with van der Waals surface area (Å²) in [4.78, 5) is 12.6. The van der Waals surface area contributed by atoms with Gasteiger partial charge in [0.05, 0.1) is 6.04 Å². The number of halogens is 1.